The number of nitrogen functional groups attached to an aromatic ring is 1. The third-order valence-electron chi connectivity index (χ3n) is 1.93. The maximum absolute atomic E-state index is 11.2. The van der Waals surface area contributed by atoms with E-state index in [2.05, 4.69) is 10.3 Å². The zero-order valence-electron chi connectivity index (χ0n) is 9.03. The van der Waals surface area contributed by atoms with Gasteiger partial charge in [0.25, 0.3) is 0 Å². The Labute approximate surface area is 89.3 Å². The Balaban J connectivity index is 2.35. The van der Waals surface area contributed by atoms with Crippen LogP contribution in [0.2, 0.25) is 0 Å². The van der Waals surface area contributed by atoms with Crippen molar-refractivity contribution >= 4 is 17.3 Å². The number of carbonyl (C=O) groups is 1. The number of nitrogens with two attached hydrogens (primary N) is 1. The largest absolute Gasteiger partial charge is 0.397 e. The number of anilines is 2. The lowest BCUT2D eigenvalue weighted by atomic mass is 10.3. The predicted octanol–water partition coefficient (Wildman–Crippen LogP) is 0.554. The lowest BCUT2D eigenvalue weighted by Gasteiger charge is -2.11. The molecule has 0 atom stereocenters. The highest BCUT2D eigenvalue weighted by Gasteiger charge is 2.02. The van der Waals surface area contributed by atoms with E-state index in [9.17, 15) is 4.79 Å². The third kappa shape index (κ3) is 3.84. The molecule has 5 nitrogen and oxygen atoms in total. The minimum Gasteiger partial charge on any atom is -0.397 e. The van der Waals surface area contributed by atoms with E-state index in [1.807, 2.05) is 0 Å². The molecule has 1 heterocycles. The maximum Gasteiger partial charge on any atom is 0.223 e. The molecule has 82 valence electrons. The average molecular weight is 208 g/mol. The molecule has 0 unspecified atom stereocenters. The zero-order valence-corrected chi connectivity index (χ0v) is 9.03. The van der Waals surface area contributed by atoms with Crippen molar-refractivity contribution in [3.05, 3.63) is 18.5 Å². The van der Waals surface area contributed by atoms with Crippen LogP contribution in [0, 0.1) is 0 Å². The SMILES string of the molecule is CN(C)C(=O)CCNc1cncc(N)c1. The topological polar surface area (TPSA) is 71.2 Å². The molecule has 1 aromatic rings. The summed E-state index contributed by atoms with van der Waals surface area (Å²) in [4.78, 5) is 16.7. The maximum atomic E-state index is 11.2. The van der Waals surface area contributed by atoms with Gasteiger partial charge in [-0.1, -0.05) is 0 Å². The van der Waals surface area contributed by atoms with Crippen LogP contribution in [-0.4, -0.2) is 36.4 Å². The van der Waals surface area contributed by atoms with Crippen LogP contribution in [0.25, 0.3) is 0 Å². The van der Waals surface area contributed by atoms with Crippen molar-refractivity contribution in [3.63, 3.8) is 0 Å². The molecule has 0 fully saturated rings. The Bertz CT molecular complexity index is 338. The minimum atomic E-state index is 0.0966. The van der Waals surface area contributed by atoms with E-state index in [1.54, 1.807) is 37.5 Å². The van der Waals surface area contributed by atoms with E-state index in [4.69, 9.17) is 5.73 Å². The van der Waals surface area contributed by atoms with Gasteiger partial charge in [0.1, 0.15) is 0 Å². The molecular weight excluding hydrogens is 192 g/mol. The fourth-order valence-corrected chi connectivity index (χ4v) is 1.09. The van der Waals surface area contributed by atoms with Gasteiger partial charge in [-0.05, 0) is 6.07 Å². The summed E-state index contributed by atoms with van der Waals surface area (Å²) in [6.45, 7) is 0.585. The van der Waals surface area contributed by atoms with Crippen molar-refractivity contribution in [2.45, 2.75) is 6.42 Å². The van der Waals surface area contributed by atoms with Crippen LogP contribution in [-0.2, 0) is 4.79 Å². The first-order chi connectivity index (χ1) is 7.09. The Morgan fingerprint density at radius 2 is 2.27 bits per heavy atom. The number of rotatable bonds is 4. The molecule has 1 amide bonds. The van der Waals surface area contributed by atoms with E-state index in [0.29, 0.717) is 18.7 Å². The molecule has 0 spiro atoms. The van der Waals surface area contributed by atoms with Crippen LogP contribution in [0.3, 0.4) is 0 Å². The van der Waals surface area contributed by atoms with Gasteiger partial charge in [-0.25, -0.2) is 0 Å². The van der Waals surface area contributed by atoms with Gasteiger partial charge in [0.15, 0.2) is 0 Å². The normalized spacial score (nSPS) is 9.73. The van der Waals surface area contributed by atoms with Gasteiger partial charge in [-0.3, -0.25) is 9.78 Å². The first-order valence-electron chi connectivity index (χ1n) is 4.74. The Morgan fingerprint density at radius 3 is 2.87 bits per heavy atom. The molecule has 0 saturated heterocycles. The molecule has 0 aromatic carbocycles. The van der Waals surface area contributed by atoms with Crippen molar-refractivity contribution in [2.75, 3.05) is 31.7 Å². The summed E-state index contributed by atoms with van der Waals surface area (Å²) in [6, 6.07) is 1.78. The minimum absolute atomic E-state index is 0.0966. The van der Waals surface area contributed by atoms with Gasteiger partial charge in [0.05, 0.1) is 17.6 Å². The molecule has 0 bridgehead atoms. The number of nitrogens with one attached hydrogen (secondary N) is 1. The molecule has 1 rings (SSSR count). The Kier molecular flexibility index (Phi) is 3.91. The second-order valence-electron chi connectivity index (χ2n) is 3.47. The highest BCUT2D eigenvalue weighted by atomic mass is 16.2. The Morgan fingerprint density at radius 1 is 1.53 bits per heavy atom. The molecule has 1 aromatic heterocycles. The number of hydrogen-bond acceptors (Lipinski definition) is 4. The summed E-state index contributed by atoms with van der Waals surface area (Å²) < 4.78 is 0. The predicted molar refractivity (Wildman–Crippen MR) is 60.5 cm³/mol. The van der Waals surface area contributed by atoms with Crippen LogP contribution >= 0.6 is 0 Å². The van der Waals surface area contributed by atoms with Crippen LogP contribution < -0.4 is 11.1 Å². The van der Waals surface area contributed by atoms with Gasteiger partial charge in [-0.2, -0.15) is 0 Å². The molecule has 0 aliphatic heterocycles. The molecule has 0 aliphatic carbocycles. The first kappa shape index (κ1) is 11.3. The summed E-state index contributed by atoms with van der Waals surface area (Å²) in [5.74, 6) is 0.0966. The van der Waals surface area contributed by atoms with Gasteiger partial charge in [-0.15, -0.1) is 0 Å². The molecule has 15 heavy (non-hydrogen) atoms. The van der Waals surface area contributed by atoms with Crippen LogP contribution in [0.15, 0.2) is 18.5 Å². The van der Waals surface area contributed by atoms with Gasteiger partial charge < -0.3 is 16.0 Å². The first-order valence-corrected chi connectivity index (χ1v) is 4.74. The summed E-state index contributed by atoms with van der Waals surface area (Å²) in [5.41, 5.74) is 7.01. The summed E-state index contributed by atoms with van der Waals surface area (Å²) >= 11 is 0. The van der Waals surface area contributed by atoms with Crippen LogP contribution in [0.5, 0.6) is 0 Å². The molecule has 5 heteroatoms. The second kappa shape index (κ2) is 5.19. The van der Waals surface area contributed by atoms with Crippen molar-refractivity contribution in [1.82, 2.24) is 9.88 Å². The lowest BCUT2D eigenvalue weighted by Crippen LogP contribution is -2.23. The number of aromatic nitrogens is 1. The highest BCUT2D eigenvalue weighted by molar-refractivity contribution is 5.76. The molecule has 3 N–H and O–H groups in total. The summed E-state index contributed by atoms with van der Waals surface area (Å²) in [6.07, 6.45) is 3.72. The van der Waals surface area contributed by atoms with Crippen molar-refractivity contribution in [2.24, 2.45) is 0 Å². The Hall–Kier alpha value is -1.78. The number of nitrogens with zero attached hydrogens (tertiary/aromatic N) is 2. The smallest absolute Gasteiger partial charge is 0.223 e. The molecule has 0 aliphatic rings. The van der Waals surface area contributed by atoms with Gasteiger partial charge in [0, 0.05) is 33.3 Å². The molecule has 0 radical (unpaired) electrons. The second-order valence-corrected chi connectivity index (χ2v) is 3.47. The fourth-order valence-electron chi connectivity index (χ4n) is 1.09. The summed E-state index contributed by atoms with van der Waals surface area (Å²) in [5, 5.41) is 3.08. The summed E-state index contributed by atoms with van der Waals surface area (Å²) in [7, 11) is 3.48. The molecule has 0 saturated carbocycles. The van der Waals surface area contributed by atoms with Crippen LogP contribution in [0.1, 0.15) is 6.42 Å². The van der Waals surface area contributed by atoms with Crippen molar-refractivity contribution < 1.29 is 4.79 Å². The van der Waals surface area contributed by atoms with Crippen molar-refractivity contribution in [1.29, 1.82) is 0 Å². The number of amides is 1. The fraction of sp³-hybridized carbons (Fsp3) is 0.400. The van der Waals surface area contributed by atoms with E-state index in [0.717, 1.165) is 5.69 Å². The quantitative estimate of drug-likeness (QED) is 0.758. The highest BCUT2D eigenvalue weighted by Crippen LogP contribution is 2.08. The van der Waals surface area contributed by atoms with Crippen LogP contribution in [0.4, 0.5) is 11.4 Å². The number of pyridine rings is 1. The van der Waals surface area contributed by atoms with E-state index in [-0.39, 0.29) is 5.91 Å². The van der Waals surface area contributed by atoms with E-state index >= 15 is 0 Å². The average Bonchev–Trinajstić information content (AvgIpc) is 2.17. The van der Waals surface area contributed by atoms with E-state index in [1.165, 1.54) is 0 Å². The lowest BCUT2D eigenvalue weighted by molar-refractivity contribution is -0.128. The standard InChI is InChI=1S/C10H16N4O/c1-14(2)10(15)3-4-13-9-5-8(11)6-12-7-9/h5-7,13H,3-4,11H2,1-2H3. The zero-order chi connectivity index (χ0) is 11.3. The molecular formula is C10H16N4O. The van der Waals surface area contributed by atoms with Gasteiger partial charge >= 0.3 is 0 Å². The number of carbonyl (C=O) groups excluding carboxylic acids is 1. The monoisotopic (exact) mass is 208 g/mol. The van der Waals surface area contributed by atoms with Crippen molar-refractivity contribution in [3.8, 4) is 0 Å². The van der Waals surface area contributed by atoms with Gasteiger partial charge in [0.2, 0.25) is 5.91 Å². The third-order valence-corrected chi connectivity index (χ3v) is 1.93. The number of hydrogen-bond donors (Lipinski definition) is 2. The van der Waals surface area contributed by atoms with E-state index < -0.39 is 0 Å².